The second-order valence-electron chi connectivity index (χ2n) is 6.88. The second kappa shape index (κ2) is 8.71. The predicted molar refractivity (Wildman–Crippen MR) is 107 cm³/mol. The molecule has 0 unspecified atom stereocenters. The van der Waals surface area contributed by atoms with Gasteiger partial charge in [0.25, 0.3) is 5.91 Å². The molecule has 0 aliphatic carbocycles. The van der Waals surface area contributed by atoms with E-state index in [9.17, 15) is 14.4 Å². The van der Waals surface area contributed by atoms with Crippen molar-refractivity contribution < 1.29 is 19.1 Å². The van der Waals surface area contributed by atoms with Gasteiger partial charge in [-0.25, -0.2) is 4.98 Å². The molecule has 2 saturated heterocycles. The van der Waals surface area contributed by atoms with Crippen LogP contribution in [-0.2, 0) is 14.3 Å². The number of aromatic nitrogens is 1. The number of benzene rings is 1. The molecule has 3 heterocycles. The average Bonchev–Trinajstić information content (AvgIpc) is 3.29. The SMILES string of the molecule is O=C(C(=O)N1CCN(C(=O)c2cnc(-c3ccccc3)s2)CC1)N1CCOCC1. The number of thiazole rings is 1. The topological polar surface area (TPSA) is 83.1 Å². The fraction of sp³-hybridized carbons (Fsp3) is 0.400. The molecule has 0 N–H and O–H groups in total. The molecule has 0 radical (unpaired) electrons. The summed E-state index contributed by atoms with van der Waals surface area (Å²) < 4.78 is 5.22. The van der Waals surface area contributed by atoms with Gasteiger partial charge in [-0.2, -0.15) is 0 Å². The van der Waals surface area contributed by atoms with E-state index < -0.39 is 11.8 Å². The van der Waals surface area contributed by atoms with Crippen molar-refractivity contribution in [2.75, 3.05) is 52.5 Å². The number of morpholine rings is 1. The Labute approximate surface area is 172 Å². The Morgan fingerprint density at radius 3 is 2.07 bits per heavy atom. The average molecular weight is 414 g/mol. The minimum absolute atomic E-state index is 0.0868. The summed E-state index contributed by atoms with van der Waals surface area (Å²) in [5, 5.41) is 0.805. The molecule has 0 saturated carbocycles. The van der Waals surface area contributed by atoms with Gasteiger partial charge < -0.3 is 19.4 Å². The fourth-order valence-electron chi connectivity index (χ4n) is 3.39. The third kappa shape index (κ3) is 4.30. The molecule has 0 bridgehead atoms. The van der Waals surface area contributed by atoms with Crippen molar-refractivity contribution in [1.29, 1.82) is 0 Å². The number of piperazine rings is 1. The van der Waals surface area contributed by atoms with Crippen molar-refractivity contribution in [3.63, 3.8) is 0 Å². The van der Waals surface area contributed by atoms with Crippen molar-refractivity contribution in [3.05, 3.63) is 41.4 Å². The third-order valence-electron chi connectivity index (χ3n) is 5.07. The van der Waals surface area contributed by atoms with Crippen LogP contribution >= 0.6 is 11.3 Å². The number of amides is 3. The molecular formula is C20H22N4O4S. The third-order valence-corrected chi connectivity index (χ3v) is 6.11. The summed E-state index contributed by atoms with van der Waals surface area (Å²) >= 11 is 1.36. The molecule has 2 aliphatic rings. The lowest BCUT2D eigenvalue weighted by Gasteiger charge is -2.35. The molecule has 2 aliphatic heterocycles. The maximum Gasteiger partial charge on any atom is 0.312 e. The number of hydrogen-bond donors (Lipinski definition) is 0. The molecule has 3 amide bonds. The van der Waals surface area contributed by atoms with Crippen molar-refractivity contribution in [1.82, 2.24) is 19.7 Å². The number of carbonyl (C=O) groups is 3. The van der Waals surface area contributed by atoms with Crippen molar-refractivity contribution >= 4 is 29.1 Å². The molecule has 1 aromatic carbocycles. The van der Waals surface area contributed by atoms with E-state index in [1.54, 1.807) is 11.1 Å². The highest BCUT2D eigenvalue weighted by atomic mass is 32.1. The van der Waals surface area contributed by atoms with Gasteiger partial charge in [-0.1, -0.05) is 30.3 Å². The van der Waals surface area contributed by atoms with Crippen LogP contribution in [-0.4, -0.2) is 89.9 Å². The van der Waals surface area contributed by atoms with Crippen LogP contribution in [0.5, 0.6) is 0 Å². The van der Waals surface area contributed by atoms with Crippen LogP contribution in [0.2, 0.25) is 0 Å². The van der Waals surface area contributed by atoms with Crippen molar-refractivity contribution in [3.8, 4) is 10.6 Å². The van der Waals surface area contributed by atoms with Crippen LogP contribution in [0.1, 0.15) is 9.67 Å². The Morgan fingerprint density at radius 2 is 1.41 bits per heavy atom. The van der Waals surface area contributed by atoms with Gasteiger partial charge in [-0.15, -0.1) is 11.3 Å². The first-order valence-electron chi connectivity index (χ1n) is 9.60. The first-order valence-corrected chi connectivity index (χ1v) is 10.4. The minimum Gasteiger partial charge on any atom is -0.378 e. The number of carbonyl (C=O) groups excluding carboxylic acids is 3. The van der Waals surface area contributed by atoms with Gasteiger partial charge >= 0.3 is 11.8 Å². The van der Waals surface area contributed by atoms with E-state index in [1.807, 2.05) is 30.3 Å². The van der Waals surface area contributed by atoms with Gasteiger partial charge in [0.15, 0.2) is 0 Å². The first-order chi connectivity index (χ1) is 14.1. The zero-order valence-corrected chi connectivity index (χ0v) is 16.8. The quantitative estimate of drug-likeness (QED) is 0.684. The monoisotopic (exact) mass is 414 g/mol. The maximum absolute atomic E-state index is 12.8. The molecule has 29 heavy (non-hydrogen) atoms. The fourth-order valence-corrected chi connectivity index (χ4v) is 4.28. The molecular weight excluding hydrogens is 392 g/mol. The highest BCUT2D eigenvalue weighted by Crippen LogP contribution is 2.26. The number of ether oxygens (including phenoxy) is 1. The number of hydrogen-bond acceptors (Lipinski definition) is 6. The lowest BCUT2D eigenvalue weighted by molar-refractivity contribution is -0.154. The van der Waals surface area contributed by atoms with E-state index in [-0.39, 0.29) is 5.91 Å². The van der Waals surface area contributed by atoms with Crippen LogP contribution in [0, 0.1) is 0 Å². The zero-order valence-electron chi connectivity index (χ0n) is 16.0. The van der Waals surface area contributed by atoms with Gasteiger partial charge in [-0.05, 0) is 0 Å². The summed E-state index contributed by atoms with van der Waals surface area (Å²) in [6.45, 7) is 3.31. The minimum atomic E-state index is -0.497. The van der Waals surface area contributed by atoms with Crippen LogP contribution < -0.4 is 0 Å². The highest BCUT2D eigenvalue weighted by molar-refractivity contribution is 7.16. The Morgan fingerprint density at radius 1 is 0.828 bits per heavy atom. The molecule has 1 aromatic heterocycles. The Hall–Kier alpha value is -2.78. The van der Waals surface area contributed by atoms with Gasteiger partial charge in [0, 0.05) is 44.8 Å². The van der Waals surface area contributed by atoms with Gasteiger partial charge in [0.05, 0.1) is 19.4 Å². The molecule has 2 aromatic rings. The van der Waals surface area contributed by atoms with E-state index in [0.717, 1.165) is 10.6 Å². The Kier molecular flexibility index (Phi) is 5.86. The van der Waals surface area contributed by atoms with Crippen LogP contribution in [0.4, 0.5) is 0 Å². The van der Waals surface area contributed by atoms with E-state index in [2.05, 4.69) is 4.98 Å². The predicted octanol–water partition coefficient (Wildman–Crippen LogP) is 0.953. The highest BCUT2D eigenvalue weighted by Gasteiger charge is 2.32. The summed E-state index contributed by atoms with van der Waals surface area (Å²) in [5.74, 6) is -1.07. The number of nitrogens with zero attached hydrogens (tertiary/aromatic N) is 4. The molecule has 9 heteroatoms. The summed E-state index contributed by atoms with van der Waals surface area (Å²) in [4.78, 5) is 47.4. The Balaban J connectivity index is 1.33. The first kappa shape index (κ1) is 19.5. The summed E-state index contributed by atoms with van der Waals surface area (Å²) in [5.41, 5.74) is 0.980. The van der Waals surface area contributed by atoms with Crippen LogP contribution in [0.25, 0.3) is 10.6 Å². The lowest BCUT2D eigenvalue weighted by atomic mass is 10.2. The summed E-state index contributed by atoms with van der Waals surface area (Å²) in [6, 6.07) is 9.74. The van der Waals surface area contributed by atoms with Crippen molar-refractivity contribution in [2.45, 2.75) is 0 Å². The van der Waals surface area contributed by atoms with E-state index in [0.29, 0.717) is 57.4 Å². The Bertz CT molecular complexity index is 887. The molecule has 0 atom stereocenters. The van der Waals surface area contributed by atoms with Crippen molar-refractivity contribution in [2.24, 2.45) is 0 Å². The summed E-state index contributed by atoms with van der Waals surface area (Å²) in [7, 11) is 0. The van der Waals surface area contributed by atoms with Crippen LogP contribution in [0.3, 0.4) is 0 Å². The molecule has 152 valence electrons. The normalized spacial score (nSPS) is 17.3. The zero-order chi connectivity index (χ0) is 20.2. The molecule has 4 rings (SSSR count). The van der Waals surface area contributed by atoms with E-state index in [1.165, 1.54) is 21.1 Å². The van der Waals surface area contributed by atoms with Gasteiger partial charge in [-0.3, -0.25) is 14.4 Å². The lowest BCUT2D eigenvalue weighted by Crippen LogP contribution is -2.55. The van der Waals surface area contributed by atoms with E-state index >= 15 is 0 Å². The second-order valence-corrected chi connectivity index (χ2v) is 7.92. The molecule has 2 fully saturated rings. The number of rotatable bonds is 2. The molecule has 8 nitrogen and oxygen atoms in total. The van der Waals surface area contributed by atoms with E-state index in [4.69, 9.17) is 4.74 Å². The standard InChI is InChI=1S/C20H22N4O4S/c25-18(16-14-21-17(29-16)15-4-2-1-3-5-15)22-6-8-23(9-7-22)19(26)20(27)24-10-12-28-13-11-24/h1-5,14H,6-13H2. The smallest absolute Gasteiger partial charge is 0.312 e. The summed E-state index contributed by atoms with van der Waals surface area (Å²) in [6.07, 6.45) is 1.61. The maximum atomic E-state index is 12.8. The molecule has 0 spiro atoms. The van der Waals surface area contributed by atoms with Gasteiger partial charge in [0.2, 0.25) is 0 Å². The largest absolute Gasteiger partial charge is 0.378 e. The van der Waals surface area contributed by atoms with Gasteiger partial charge in [0.1, 0.15) is 9.88 Å². The van der Waals surface area contributed by atoms with Crippen LogP contribution in [0.15, 0.2) is 36.5 Å².